The quantitative estimate of drug-likeness (QED) is 0.837. The Hall–Kier alpha value is -1.50. The number of aliphatic carboxylic acids is 1. The van der Waals surface area contributed by atoms with Gasteiger partial charge in [-0.2, -0.15) is 8.75 Å². The molecule has 7 heteroatoms. The van der Waals surface area contributed by atoms with Crippen LogP contribution in [-0.2, 0) is 4.79 Å². The first-order valence-corrected chi connectivity index (χ1v) is 6.21. The molecule has 17 heavy (non-hydrogen) atoms. The second-order valence-electron chi connectivity index (χ2n) is 4.15. The number of nitrogens with one attached hydrogen (secondary N) is 1. The van der Waals surface area contributed by atoms with Crippen LogP contribution in [0.3, 0.4) is 0 Å². The van der Waals surface area contributed by atoms with Gasteiger partial charge in [-0.3, -0.25) is 9.59 Å². The largest absolute Gasteiger partial charge is 0.481 e. The summed E-state index contributed by atoms with van der Waals surface area (Å²) in [7, 11) is 0. The van der Waals surface area contributed by atoms with E-state index in [-0.39, 0.29) is 17.9 Å². The Morgan fingerprint density at radius 3 is 2.59 bits per heavy atom. The van der Waals surface area contributed by atoms with Crippen molar-refractivity contribution in [3.63, 3.8) is 0 Å². The Kier molecular flexibility index (Phi) is 3.68. The van der Waals surface area contributed by atoms with Crippen molar-refractivity contribution < 1.29 is 14.7 Å². The number of aromatic nitrogens is 2. The first kappa shape index (κ1) is 12.0. The number of carboxylic acids is 1. The zero-order valence-corrected chi connectivity index (χ0v) is 9.94. The zero-order chi connectivity index (χ0) is 12.3. The summed E-state index contributed by atoms with van der Waals surface area (Å²) < 4.78 is 7.61. The van der Waals surface area contributed by atoms with E-state index in [1.54, 1.807) is 0 Å². The van der Waals surface area contributed by atoms with Crippen molar-refractivity contribution in [3.05, 3.63) is 11.9 Å². The maximum atomic E-state index is 11.7. The smallest absolute Gasteiger partial charge is 0.306 e. The highest BCUT2D eigenvalue weighted by Crippen LogP contribution is 2.24. The van der Waals surface area contributed by atoms with Gasteiger partial charge in [0.2, 0.25) is 0 Å². The summed E-state index contributed by atoms with van der Waals surface area (Å²) >= 11 is 0.996. The van der Waals surface area contributed by atoms with Crippen LogP contribution in [0.4, 0.5) is 0 Å². The van der Waals surface area contributed by atoms with E-state index in [9.17, 15) is 9.59 Å². The number of amides is 1. The van der Waals surface area contributed by atoms with Crippen LogP contribution in [0, 0.1) is 5.92 Å². The monoisotopic (exact) mass is 255 g/mol. The van der Waals surface area contributed by atoms with Gasteiger partial charge in [0, 0.05) is 6.04 Å². The maximum Gasteiger partial charge on any atom is 0.306 e. The lowest BCUT2D eigenvalue weighted by Crippen LogP contribution is -2.38. The Morgan fingerprint density at radius 1 is 1.35 bits per heavy atom. The maximum absolute atomic E-state index is 11.7. The zero-order valence-electron chi connectivity index (χ0n) is 9.13. The molecule has 0 atom stereocenters. The summed E-state index contributed by atoms with van der Waals surface area (Å²) in [6.45, 7) is 0. The number of carbonyl (C=O) groups excluding carboxylic acids is 1. The van der Waals surface area contributed by atoms with E-state index in [1.807, 2.05) is 0 Å². The van der Waals surface area contributed by atoms with E-state index in [4.69, 9.17) is 5.11 Å². The lowest BCUT2D eigenvalue weighted by Gasteiger charge is -2.26. The van der Waals surface area contributed by atoms with Crippen molar-refractivity contribution in [2.24, 2.45) is 5.92 Å². The third-order valence-electron chi connectivity index (χ3n) is 3.01. The lowest BCUT2D eigenvalue weighted by molar-refractivity contribution is -0.142. The average Bonchev–Trinajstić information content (AvgIpc) is 2.83. The number of carboxylic acid groups (broad SMARTS) is 1. The summed E-state index contributed by atoms with van der Waals surface area (Å²) in [4.78, 5) is 22.4. The molecule has 0 aromatic carbocycles. The van der Waals surface area contributed by atoms with Crippen LogP contribution in [0.2, 0.25) is 0 Å². The molecule has 1 aliphatic rings. The van der Waals surface area contributed by atoms with Crippen molar-refractivity contribution in [3.8, 4) is 0 Å². The van der Waals surface area contributed by atoms with Gasteiger partial charge in [-0.05, 0) is 25.7 Å². The van der Waals surface area contributed by atoms with Gasteiger partial charge in [-0.1, -0.05) is 0 Å². The highest BCUT2D eigenvalue weighted by molar-refractivity contribution is 6.99. The van der Waals surface area contributed by atoms with Crippen LogP contribution in [0.15, 0.2) is 6.20 Å². The molecule has 6 nitrogen and oxygen atoms in total. The second kappa shape index (κ2) is 5.22. The third-order valence-corrected chi connectivity index (χ3v) is 3.48. The van der Waals surface area contributed by atoms with E-state index in [0.29, 0.717) is 31.4 Å². The van der Waals surface area contributed by atoms with Crippen molar-refractivity contribution >= 4 is 23.6 Å². The Bertz CT molecular complexity index is 399. The minimum Gasteiger partial charge on any atom is -0.481 e. The van der Waals surface area contributed by atoms with Crippen LogP contribution in [0.1, 0.15) is 36.2 Å². The molecule has 0 aliphatic heterocycles. The van der Waals surface area contributed by atoms with Gasteiger partial charge in [-0.25, -0.2) is 0 Å². The molecular formula is C10H13N3O3S. The van der Waals surface area contributed by atoms with Gasteiger partial charge in [0.1, 0.15) is 0 Å². The highest BCUT2D eigenvalue weighted by atomic mass is 32.1. The lowest BCUT2D eigenvalue weighted by atomic mass is 9.86. The molecule has 1 aromatic rings. The predicted octanol–water partition coefficient (Wildman–Crippen LogP) is 0.911. The average molecular weight is 255 g/mol. The van der Waals surface area contributed by atoms with Gasteiger partial charge in [0.25, 0.3) is 5.91 Å². The Balaban J connectivity index is 1.82. The van der Waals surface area contributed by atoms with Gasteiger partial charge >= 0.3 is 5.97 Å². The third kappa shape index (κ3) is 3.00. The van der Waals surface area contributed by atoms with Crippen molar-refractivity contribution in [1.29, 1.82) is 0 Å². The molecule has 0 bridgehead atoms. The molecule has 1 saturated carbocycles. The first-order chi connectivity index (χ1) is 8.16. The molecule has 1 aliphatic carbocycles. The summed E-state index contributed by atoms with van der Waals surface area (Å²) in [6.07, 6.45) is 4.09. The number of rotatable bonds is 3. The molecule has 92 valence electrons. The SMILES string of the molecule is O=C(NC1CCC(C(=O)O)CC1)c1cnsn1. The van der Waals surface area contributed by atoms with E-state index < -0.39 is 5.97 Å². The molecule has 2 N–H and O–H groups in total. The summed E-state index contributed by atoms with van der Waals surface area (Å²) in [5.41, 5.74) is 0.329. The topological polar surface area (TPSA) is 92.2 Å². The molecule has 1 amide bonds. The van der Waals surface area contributed by atoms with E-state index in [2.05, 4.69) is 14.1 Å². The molecule has 1 fully saturated rings. The summed E-state index contributed by atoms with van der Waals surface area (Å²) in [5, 5.41) is 11.7. The van der Waals surface area contributed by atoms with Crippen LogP contribution >= 0.6 is 11.7 Å². The Morgan fingerprint density at radius 2 is 2.06 bits per heavy atom. The van der Waals surface area contributed by atoms with E-state index in [0.717, 1.165) is 11.7 Å². The van der Waals surface area contributed by atoms with Gasteiger partial charge in [-0.15, -0.1) is 0 Å². The number of hydrogen-bond acceptors (Lipinski definition) is 5. The predicted molar refractivity (Wildman–Crippen MR) is 60.8 cm³/mol. The molecule has 0 radical (unpaired) electrons. The normalized spacial score (nSPS) is 24.2. The highest BCUT2D eigenvalue weighted by Gasteiger charge is 2.27. The number of carbonyl (C=O) groups is 2. The van der Waals surface area contributed by atoms with E-state index >= 15 is 0 Å². The fraction of sp³-hybridized carbons (Fsp3) is 0.600. The van der Waals surface area contributed by atoms with Gasteiger partial charge in [0.15, 0.2) is 5.69 Å². The Labute approximate surface area is 102 Å². The van der Waals surface area contributed by atoms with Crippen LogP contribution < -0.4 is 5.32 Å². The minimum atomic E-state index is -0.738. The minimum absolute atomic E-state index is 0.0554. The summed E-state index contributed by atoms with van der Waals surface area (Å²) in [5.74, 6) is -1.22. The van der Waals surface area contributed by atoms with Crippen LogP contribution in [0.25, 0.3) is 0 Å². The van der Waals surface area contributed by atoms with Crippen molar-refractivity contribution in [2.45, 2.75) is 31.7 Å². The van der Waals surface area contributed by atoms with Gasteiger partial charge < -0.3 is 10.4 Å². The molecule has 2 rings (SSSR count). The molecule has 0 spiro atoms. The van der Waals surface area contributed by atoms with Crippen LogP contribution in [-0.4, -0.2) is 31.8 Å². The van der Waals surface area contributed by atoms with Gasteiger partial charge in [0.05, 0.1) is 23.8 Å². The molecule has 0 saturated heterocycles. The molecular weight excluding hydrogens is 242 g/mol. The fourth-order valence-electron chi connectivity index (χ4n) is 2.01. The first-order valence-electron chi connectivity index (χ1n) is 5.48. The number of nitrogens with zero attached hydrogens (tertiary/aromatic N) is 2. The summed E-state index contributed by atoms with van der Waals surface area (Å²) in [6, 6.07) is 0.0554. The number of hydrogen-bond donors (Lipinski definition) is 2. The molecule has 1 heterocycles. The van der Waals surface area contributed by atoms with Crippen molar-refractivity contribution in [1.82, 2.24) is 14.1 Å². The standard InChI is InChI=1S/C10H13N3O3S/c14-9(8-5-11-17-13-8)12-7-3-1-6(2-4-7)10(15)16/h5-7H,1-4H2,(H,12,14)(H,15,16). The fourth-order valence-corrected chi connectivity index (χ4v) is 2.42. The van der Waals surface area contributed by atoms with Crippen LogP contribution in [0.5, 0.6) is 0 Å². The molecule has 1 aromatic heterocycles. The molecule has 0 unspecified atom stereocenters. The second-order valence-corrected chi connectivity index (χ2v) is 4.71. The van der Waals surface area contributed by atoms with E-state index in [1.165, 1.54) is 6.20 Å². The van der Waals surface area contributed by atoms with Crippen molar-refractivity contribution in [2.75, 3.05) is 0 Å².